The summed E-state index contributed by atoms with van der Waals surface area (Å²) in [5.74, 6) is 0.895. The Bertz CT molecular complexity index is 1340. The van der Waals surface area contributed by atoms with E-state index in [1.165, 1.54) is 24.8 Å². The number of nitrogens with one attached hydrogen (secondary N) is 1. The van der Waals surface area contributed by atoms with Crippen LogP contribution in [-0.4, -0.2) is 36.1 Å². The molecule has 0 bridgehead atoms. The van der Waals surface area contributed by atoms with E-state index in [2.05, 4.69) is 68.7 Å². The molecule has 2 heterocycles. The Balaban J connectivity index is 1.46. The molecule has 5 rings (SSSR count). The summed E-state index contributed by atoms with van der Waals surface area (Å²) in [6, 6.07) is 19.2. The van der Waals surface area contributed by atoms with Gasteiger partial charge >= 0.3 is 0 Å². The van der Waals surface area contributed by atoms with Gasteiger partial charge in [0, 0.05) is 24.7 Å². The van der Waals surface area contributed by atoms with E-state index >= 15 is 0 Å². The average molecular weight is 485 g/mol. The Morgan fingerprint density at radius 3 is 2.67 bits per heavy atom. The molecule has 0 saturated heterocycles. The third-order valence-corrected chi connectivity index (χ3v) is 7.66. The van der Waals surface area contributed by atoms with Crippen LogP contribution in [0.15, 0.2) is 59.4 Å². The molecule has 1 N–H and O–H groups in total. The van der Waals surface area contributed by atoms with E-state index < -0.39 is 0 Å². The summed E-state index contributed by atoms with van der Waals surface area (Å²) < 4.78 is 1.96. The number of rotatable bonds is 9. The van der Waals surface area contributed by atoms with E-state index in [1.54, 1.807) is 0 Å². The maximum absolute atomic E-state index is 13.2. The highest BCUT2D eigenvalue weighted by atomic mass is 16.1. The maximum atomic E-state index is 13.2. The number of aromatic nitrogens is 5. The summed E-state index contributed by atoms with van der Waals surface area (Å²) in [4.78, 5) is 18.9. The third kappa shape index (κ3) is 5.26. The third-order valence-electron chi connectivity index (χ3n) is 7.66. The number of benzene rings is 2. The van der Waals surface area contributed by atoms with Gasteiger partial charge in [0.2, 0.25) is 0 Å². The van der Waals surface area contributed by atoms with Crippen LogP contribution in [0.2, 0.25) is 0 Å². The van der Waals surface area contributed by atoms with E-state index in [4.69, 9.17) is 0 Å². The lowest BCUT2D eigenvalue weighted by Crippen LogP contribution is -2.41. The number of nitrogens with zero attached hydrogens (tertiary/aromatic N) is 5. The van der Waals surface area contributed by atoms with Crippen molar-refractivity contribution in [2.45, 2.75) is 84.0 Å². The average Bonchev–Trinajstić information content (AvgIpc) is 3.37. The Hall–Kier alpha value is -3.32. The summed E-state index contributed by atoms with van der Waals surface area (Å²) in [7, 11) is 0. The van der Waals surface area contributed by atoms with Crippen LogP contribution in [0.25, 0.3) is 10.9 Å². The van der Waals surface area contributed by atoms with Crippen LogP contribution in [-0.2, 0) is 19.5 Å². The lowest BCUT2D eigenvalue weighted by molar-refractivity contribution is 0.0841. The maximum Gasteiger partial charge on any atom is 0.252 e. The molecule has 2 aromatic carbocycles. The zero-order chi connectivity index (χ0) is 24.9. The van der Waals surface area contributed by atoms with Gasteiger partial charge in [-0.05, 0) is 65.6 Å². The molecule has 2 aromatic heterocycles. The number of hydrogen-bond acceptors (Lipinski definition) is 5. The van der Waals surface area contributed by atoms with Crippen molar-refractivity contribution >= 4 is 10.9 Å². The summed E-state index contributed by atoms with van der Waals surface area (Å²) in [5, 5.41) is 14.0. The standard InChI is InChI=1S/C29H36N6O/c1-3-26(28-31-32-33-35(28)18-17-22-12-6-4-7-13-22)34(25-15-8-5-9-16-25)20-24-19-23-14-10-11-21(2)27(23)30-29(24)36/h4,6-7,10-14,19,25-26H,3,5,8-9,15-18,20H2,1-2H3,(H,30,36). The molecule has 1 atom stereocenters. The van der Waals surface area contributed by atoms with E-state index in [0.717, 1.165) is 60.1 Å². The minimum absolute atomic E-state index is 0.00358. The van der Waals surface area contributed by atoms with Gasteiger partial charge in [0.1, 0.15) is 0 Å². The fourth-order valence-electron chi connectivity index (χ4n) is 5.70. The molecule has 188 valence electrons. The fourth-order valence-corrected chi connectivity index (χ4v) is 5.70. The number of tetrazole rings is 1. The molecule has 1 saturated carbocycles. The number of para-hydroxylation sites is 1. The van der Waals surface area contributed by atoms with Crippen molar-refractivity contribution in [3.8, 4) is 0 Å². The lowest BCUT2D eigenvalue weighted by atomic mass is 9.92. The van der Waals surface area contributed by atoms with Crippen LogP contribution in [0.1, 0.15) is 74.0 Å². The number of pyridine rings is 1. The highest BCUT2D eigenvalue weighted by Crippen LogP contribution is 2.33. The fraction of sp³-hybridized carbons (Fsp3) is 0.448. The second-order valence-electron chi connectivity index (χ2n) is 10.0. The predicted octanol–water partition coefficient (Wildman–Crippen LogP) is 5.35. The molecule has 0 amide bonds. The van der Waals surface area contributed by atoms with E-state index in [-0.39, 0.29) is 11.6 Å². The Morgan fingerprint density at radius 2 is 1.89 bits per heavy atom. The Labute approximate surface area is 212 Å². The number of H-pyrrole nitrogens is 1. The topological polar surface area (TPSA) is 79.7 Å². The van der Waals surface area contributed by atoms with Gasteiger partial charge in [0.05, 0.1) is 11.6 Å². The van der Waals surface area contributed by atoms with Gasteiger partial charge in [-0.25, -0.2) is 4.68 Å². The van der Waals surface area contributed by atoms with Crippen LogP contribution in [0, 0.1) is 6.92 Å². The molecule has 1 unspecified atom stereocenters. The predicted molar refractivity (Wildman–Crippen MR) is 143 cm³/mol. The molecule has 0 radical (unpaired) electrons. The normalized spacial score (nSPS) is 15.5. The van der Waals surface area contributed by atoms with Gasteiger partial charge in [-0.2, -0.15) is 0 Å². The van der Waals surface area contributed by atoms with Crippen molar-refractivity contribution in [3.05, 3.63) is 87.5 Å². The van der Waals surface area contributed by atoms with Crippen molar-refractivity contribution in [3.63, 3.8) is 0 Å². The molecule has 1 aliphatic carbocycles. The van der Waals surface area contributed by atoms with Gasteiger partial charge < -0.3 is 4.98 Å². The first-order valence-corrected chi connectivity index (χ1v) is 13.3. The van der Waals surface area contributed by atoms with Crippen LogP contribution >= 0.6 is 0 Å². The minimum Gasteiger partial charge on any atom is -0.321 e. The second-order valence-corrected chi connectivity index (χ2v) is 10.0. The second kappa shape index (κ2) is 11.2. The van der Waals surface area contributed by atoms with Gasteiger partial charge in [-0.15, -0.1) is 5.10 Å². The quantitative estimate of drug-likeness (QED) is 0.346. The monoisotopic (exact) mass is 484 g/mol. The molecule has 1 aliphatic rings. The number of aromatic amines is 1. The number of aryl methyl sites for hydroxylation is 3. The highest BCUT2D eigenvalue weighted by molar-refractivity contribution is 5.81. The summed E-state index contributed by atoms with van der Waals surface area (Å²) in [6.45, 7) is 5.56. The molecule has 1 fully saturated rings. The number of fused-ring (bicyclic) bond motifs is 1. The first-order chi connectivity index (χ1) is 17.6. The van der Waals surface area contributed by atoms with E-state index in [0.29, 0.717) is 12.6 Å². The summed E-state index contributed by atoms with van der Waals surface area (Å²) in [6.07, 6.45) is 7.79. The van der Waals surface area contributed by atoms with E-state index in [9.17, 15) is 4.79 Å². The number of hydrogen-bond donors (Lipinski definition) is 1. The molecule has 7 nitrogen and oxygen atoms in total. The van der Waals surface area contributed by atoms with Gasteiger partial charge in [-0.3, -0.25) is 9.69 Å². The Kier molecular flexibility index (Phi) is 7.56. The lowest BCUT2D eigenvalue weighted by Gasteiger charge is -2.39. The minimum atomic E-state index is -0.00358. The van der Waals surface area contributed by atoms with Crippen molar-refractivity contribution in [1.29, 1.82) is 0 Å². The van der Waals surface area contributed by atoms with Crippen LogP contribution in [0.5, 0.6) is 0 Å². The Morgan fingerprint density at radius 1 is 1.08 bits per heavy atom. The zero-order valence-corrected chi connectivity index (χ0v) is 21.4. The van der Waals surface area contributed by atoms with Crippen molar-refractivity contribution < 1.29 is 0 Å². The smallest absolute Gasteiger partial charge is 0.252 e. The van der Waals surface area contributed by atoms with Crippen molar-refractivity contribution in [2.24, 2.45) is 0 Å². The van der Waals surface area contributed by atoms with E-state index in [1.807, 2.05) is 29.8 Å². The molecule has 0 aliphatic heterocycles. The molecule has 4 aromatic rings. The SMILES string of the molecule is CCC(c1nnnn1CCc1ccccc1)N(Cc1cc2cccc(C)c2[nH]c1=O)C1CCCCC1. The molecular weight excluding hydrogens is 448 g/mol. The summed E-state index contributed by atoms with van der Waals surface area (Å²) >= 11 is 0. The zero-order valence-electron chi connectivity index (χ0n) is 21.4. The molecule has 0 spiro atoms. The van der Waals surface area contributed by atoms with Gasteiger partial charge in [0.15, 0.2) is 5.82 Å². The van der Waals surface area contributed by atoms with Crippen LogP contribution in [0.4, 0.5) is 0 Å². The molecular formula is C29H36N6O. The van der Waals surface area contributed by atoms with Crippen LogP contribution in [0.3, 0.4) is 0 Å². The first kappa shape index (κ1) is 24.4. The largest absolute Gasteiger partial charge is 0.321 e. The van der Waals surface area contributed by atoms with Gasteiger partial charge in [-0.1, -0.05) is 74.7 Å². The van der Waals surface area contributed by atoms with Crippen molar-refractivity contribution in [1.82, 2.24) is 30.1 Å². The van der Waals surface area contributed by atoms with Gasteiger partial charge in [0.25, 0.3) is 5.56 Å². The highest BCUT2D eigenvalue weighted by Gasteiger charge is 2.32. The summed E-state index contributed by atoms with van der Waals surface area (Å²) in [5.41, 5.74) is 4.09. The van der Waals surface area contributed by atoms with Crippen molar-refractivity contribution in [2.75, 3.05) is 0 Å². The first-order valence-electron chi connectivity index (χ1n) is 13.3. The molecule has 7 heteroatoms. The molecule has 36 heavy (non-hydrogen) atoms. The van der Waals surface area contributed by atoms with Crippen LogP contribution < -0.4 is 5.56 Å².